The molecule has 8 aromatic carbocycles. The summed E-state index contributed by atoms with van der Waals surface area (Å²) < 4.78 is 8.48. The van der Waals surface area contributed by atoms with Gasteiger partial charge in [-0.25, -0.2) is 48.2 Å². The number of rotatable bonds is 12. The average molecular weight is 1570 g/mol. The van der Waals surface area contributed by atoms with Crippen LogP contribution < -0.4 is 18.3 Å². The highest BCUT2D eigenvalue weighted by atomic mass is 15.0. The molecule has 8 aromatic heterocycles. The number of benzene rings is 8. The Labute approximate surface area is 701 Å². The maximum atomic E-state index is 4.83. The molecule has 16 nitrogen and oxygen atoms in total. The summed E-state index contributed by atoms with van der Waals surface area (Å²) in [6.45, 7) is 39.0. The second-order valence-corrected chi connectivity index (χ2v) is 34.6. The van der Waals surface area contributed by atoms with Crippen molar-refractivity contribution in [2.75, 3.05) is 0 Å². The second-order valence-electron chi connectivity index (χ2n) is 34.6. The number of hydrogen-bond acceptors (Lipinski definition) is 12. The van der Waals surface area contributed by atoms with E-state index in [1.165, 1.54) is 137 Å². The van der Waals surface area contributed by atoms with Gasteiger partial charge in [0.2, 0.25) is 0 Å². The van der Waals surface area contributed by atoms with E-state index in [9.17, 15) is 0 Å². The van der Waals surface area contributed by atoms with E-state index in [1.807, 2.05) is 75.6 Å². The largest absolute Gasteiger partial charge is 0.287 e. The van der Waals surface area contributed by atoms with Gasteiger partial charge in [-0.15, -0.1) is 0 Å². The van der Waals surface area contributed by atoms with Crippen LogP contribution in [0.5, 0.6) is 0 Å². The van der Waals surface area contributed by atoms with E-state index >= 15 is 0 Å². The summed E-state index contributed by atoms with van der Waals surface area (Å²) in [6, 6.07) is 43.5. The van der Waals surface area contributed by atoms with Gasteiger partial charge in [-0.3, -0.25) is 9.97 Å². The summed E-state index contributed by atoms with van der Waals surface area (Å²) in [5.41, 5.74) is 38.3. The summed E-state index contributed by atoms with van der Waals surface area (Å²) in [7, 11) is 8.26. The first-order valence-corrected chi connectivity index (χ1v) is 41.6. The SMILES string of the molecule is Cc1cc(C)c(C)c(-c2c3cccc(-c4cnc(C)cn4)c3nc[n+]2C)c1.Cc1cc(C)c(C)c(-c2c3cccc(-c4cnc(C5CCCC5)nc4)c3nc[n+]2C)c1.Cc1cc(C)c(C)c(-c2c3cccc(-c4cnc(CC(C)(C)C)nc4)c3nc[n+]2C)c1.Cc1cc(C)c(C)c(-c2c3cccc(-c4cnc(CC(C)C)nc4)c3nc[n+]2C)c1. The lowest BCUT2D eigenvalue weighted by atomic mass is 9.92. The molecule has 600 valence electrons. The first kappa shape index (κ1) is 82.9. The minimum Gasteiger partial charge on any atom is -0.258 e. The van der Waals surface area contributed by atoms with Gasteiger partial charge in [-0.05, 0) is 251 Å². The number of nitrogens with zero attached hydrogens (tertiary/aromatic N) is 16. The van der Waals surface area contributed by atoms with Gasteiger partial charge in [0.05, 0.1) is 72.9 Å². The Morgan fingerprint density at radius 1 is 0.336 bits per heavy atom. The van der Waals surface area contributed by atoms with Crippen LogP contribution in [0.4, 0.5) is 0 Å². The number of fused-ring (bicyclic) bond motifs is 4. The monoisotopic (exact) mass is 1570 g/mol. The normalized spacial score (nSPS) is 12.3. The van der Waals surface area contributed by atoms with Gasteiger partial charge in [0.25, 0.3) is 25.3 Å². The standard InChI is InChI=1S/C27H29N4.C27H31N4.C26H29N4.C23H23N4/c1-17-12-18(2)19(3)24(13-17)26-23-11-7-10-22(25(23)30-16-31(26)4)21-14-28-27(29-15-21)20-8-5-6-9-20;1-17-11-18(2)19(3)23(12-17)26-22-10-8-9-21(25(22)30-16-31(26)7)20-14-28-24(29-15-20)13-27(4,5)6;1-16(2)10-24-27-13-20(14-28-24)21-8-7-9-22-25(21)29-15-30(6)26(22)23-12-17(3)11-18(4)19(23)5;1-14-9-15(2)17(4)20(10-14)23-19-8-6-7-18(22(19)26-13-27(23)5)21-12-24-16(3)11-25-21/h7,10-16,20H,5-6,8-9H2,1-4H3;8-12,14-16H,13H2,1-7H3;7-9,11-16H,10H2,1-6H3;6-13H,1-5H3/q4*+1. The molecule has 0 aliphatic heterocycles. The molecule has 1 fully saturated rings. The molecule has 1 saturated carbocycles. The average Bonchev–Trinajstić information content (AvgIpc) is 0.896. The first-order valence-electron chi connectivity index (χ1n) is 41.6. The van der Waals surface area contributed by atoms with Crippen LogP contribution in [-0.4, -0.2) is 59.8 Å². The molecule has 0 saturated heterocycles. The van der Waals surface area contributed by atoms with E-state index in [4.69, 9.17) is 29.9 Å². The van der Waals surface area contributed by atoms with Crippen LogP contribution in [0, 0.1) is 101 Å². The molecular weight excluding hydrogens is 1460 g/mol. The van der Waals surface area contributed by atoms with Gasteiger partial charge < -0.3 is 0 Å². The Bertz CT molecular complexity index is 6500. The van der Waals surface area contributed by atoms with Gasteiger partial charge in [-0.1, -0.05) is 118 Å². The Morgan fingerprint density at radius 2 is 0.647 bits per heavy atom. The predicted molar refractivity (Wildman–Crippen MR) is 482 cm³/mol. The Morgan fingerprint density at radius 3 is 0.958 bits per heavy atom. The van der Waals surface area contributed by atoms with Crippen LogP contribution >= 0.6 is 0 Å². The van der Waals surface area contributed by atoms with E-state index in [1.54, 1.807) is 6.20 Å². The topological polar surface area (TPSA) is 170 Å². The summed E-state index contributed by atoms with van der Waals surface area (Å²) in [5.74, 6) is 3.83. The lowest BCUT2D eigenvalue weighted by molar-refractivity contribution is -0.662. The zero-order valence-corrected chi connectivity index (χ0v) is 73.5. The molecule has 16 aromatic rings. The summed E-state index contributed by atoms with van der Waals surface area (Å²) in [6.07, 6.45) is 29.7. The van der Waals surface area contributed by atoms with E-state index in [-0.39, 0.29) is 5.41 Å². The molecule has 1 aliphatic carbocycles. The van der Waals surface area contributed by atoms with E-state index < -0.39 is 0 Å². The van der Waals surface area contributed by atoms with Crippen LogP contribution in [-0.2, 0) is 41.0 Å². The van der Waals surface area contributed by atoms with Crippen molar-refractivity contribution in [2.24, 2.45) is 39.5 Å². The maximum Gasteiger partial charge on any atom is 0.287 e. The van der Waals surface area contributed by atoms with Crippen LogP contribution in [0.15, 0.2) is 196 Å². The van der Waals surface area contributed by atoms with Crippen molar-refractivity contribution in [3.05, 3.63) is 286 Å². The van der Waals surface area contributed by atoms with Crippen LogP contribution in [0.25, 0.3) is 133 Å². The maximum absolute atomic E-state index is 4.83. The molecular formula is C103H112N16+4. The molecule has 0 unspecified atom stereocenters. The third kappa shape index (κ3) is 17.8. The van der Waals surface area contributed by atoms with Gasteiger partial charge >= 0.3 is 0 Å². The van der Waals surface area contributed by atoms with Crippen molar-refractivity contribution in [3.63, 3.8) is 0 Å². The Hall–Kier alpha value is -12.6. The van der Waals surface area contributed by atoms with Gasteiger partial charge in [0.15, 0.2) is 22.1 Å². The molecule has 119 heavy (non-hydrogen) atoms. The van der Waals surface area contributed by atoms with Crippen molar-refractivity contribution >= 4 is 43.6 Å². The van der Waals surface area contributed by atoms with E-state index in [0.717, 1.165) is 124 Å². The zero-order chi connectivity index (χ0) is 84.4. The molecule has 16 heteroatoms. The van der Waals surface area contributed by atoms with Crippen LogP contribution in [0.2, 0.25) is 0 Å². The van der Waals surface area contributed by atoms with Crippen molar-refractivity contribution in [3.8, 4) is 89.7 Å². The van der Waals surface area contributed by atoms with Crippen molar-refractivity contribution < 1.29 is 18.3 Å². The fourth-order valence-electron chi connectivity index (χ4n) is 16.9. The molecule has 0 radical (unpaired) electrons. The molecule has 0 N–H and O–H groups in total. The number of para-hydroxylation sites is 4. The van der Waals surface area contributed by atoms with Gasteiger partial charge in [0.1, 0.15) is 40.2 Å². The quantitative estimate of drug-likeness (QED) is 0.106. The second kappa shape index (κ2) is 34.9. The minimum atomic E-state index is 0.163. The molecule has 17 rings (SSSR count). The minimum absolute atomic E-state index is 0.163. The fourth-order valence-corrected chi connectivity index (χ4v) is 16.9. The lowest BCUT2D eigenvalue weighted by Gasteiger charge is -2.16. The van der Waals surface area contributed by atoms with Crippen molar-refractivity contribution in [2.45, 2.75) is 169 Å². The fraction of sp³-hybridized carbons (Fsp3) is 0.301. The van der Waals surface area contributed by atoms with Crippen LogP contribution in [0.3, 0.4) is 0 Å². The summed E-state index contributed by atoms with van der Waals surface area (Å²) >= 11 is 0. The third-order valence-electron chi connectivity index (χ3n) is 23.4. The molecule has 0 amide bonds. The summed E-state index contributed by atoms with van der Waals surface area (Å²) in [4.78, 5) is 56.1. The third-order valence-corrected chi connectivity index (χ3v) is 23.4. The Balaban J connectivity index is 0.000000130. The van der Waals surface area contributed by atoms with Crippen molar-refractivity contribution in [1.82, 2.24) is 59.8 Å². The predicted octanol–water partition coefficient (Wildman–Crippen LogP) is 21.2. The highest BCUT2D eigenvalue weighted by molar-refractivity contribution is 6.03. The number of hydrogen-bond donors (Lipinski definition) is 0. The lowest BCUT2D eigenvalue weighted by Crippen LogP contribution is -2.32. The van der Waals surface area contributed by atoms with Gasteiger partial charge in [-0.2, -0.15) is 0 Å². The zero-order valence-electron chi connectivity index (χ0n) is 73.5. The summed E-state index contributed by atoms with van der Waals surface area (Å²) in [5, 5.41) is 4.54. The van der Waals surface area contributed by atoms with Gasteiger partial charge in [0, 0.05) is 118 Å². The van der Waals surface area contributed by atoms with Crippen LogP contribution in [0.1, 0.15) is 156 Å². The number of aryl methyl sites for hydroxylation is 13. The molecule has 0 spiro atoms. The number of aromatic nitrogens is 16. The smallest absolute Gasteiger partial charge is 0.258 e. The molecule has 0 atom stereocenters. The molecule has 0 bridgehead atoms. The Kier molecular flexibility index (Phi) is 24.4. The van der Waals surface area contributed by atoms with E-state index in [2.05, 4.69) is 315 Å². The van der Waals surface area contributed by atoms with E-state index in [0.29, 0.717) is 11.8 Å². The highest BCUT2D eigenvalue weighted by Crippen LogP contribution is 2.40. The first-order chi connectivity index (χ1) is 57.0. The molecule has 1 aliphatic rings. The van der Waals surface area contributed by atoms with Crippen molar-refractivity contribution in [1.29, 1.82) is 0 Å². The molecule has 8 heterocycles. The highest BCUT2D eigenvalue weighted by Gasteiger charge is 2.28.